The molecular weight excluding hydrogens is 368 g/mol. The third-order valence-electron chi connectivity index (χ3n) is 3.43. The van der Waals surface area contributed by atoms with Gasteiger partial charge in [-0.2, -0.15) is 4.31 Å². The third-order valence-corrected chi connectivity index (χ3v) is 6.35. The Labute approximate surface area is 130 Å². The summed E-state index contributed by atoms with van der Waals surface area (Å²) in [7, 11) is -2.22. The average molecular weight is 384 g/mol. The molecule has 1 aliphatic rings. The molecule has 0 saturated carbocycles. The van der Waals surface area contributed by atoms with Crippen LogP contribution in [-0.2, 0) is 10.0 Å². The number of rotatable bonds is 3. The standard InChI is InChI=1S/C12H16BrF2N3O2S/c1-17-2-3-18(9(6-16)7-17)21(19,20)12-10(13)4-8(14)5-11(12)15/h4-5,9H,2-3,6-7,16H2,1H3. The first-order valence-electron chi connectivity index (χ1n) is 6.32. The van der Waals surface area contributed by atoms with Gasteiger partial charge in [0.15, 0.2) is 0 Å². The molecule has 0 spiro atoms. The van der Waals surface area contributed by atoms with Crippen LogP contribution in [0.4, 0.5) is 8.78 Å². The summed E-state index contributed by atoms with van der Waals surface area (Å²) in [5.74, 6) is -1.95. The number of sulfonamides is 1. The van der Waals surface area contributed by atoms with Gasteiger partial charge in [-0.25, -0.2) is 17.2 Å². The normalized spacial score (nSPS) is 21.7. The number of hydrogen-bond donors (Lipinski definition) is 1. The molecule has 0 aromatic heterocycles. The summed E-state index contributed by atoms with van der Waals surface area (Å²) in [6.45, 7) is 1.33. The Bertz CT molecular complexity index is 618. The molecule has 1 atom stereocenters. The fraction of sp³-hybridized carbons (Fsp3) is 0.500. The Hall–Kier alpha value is -0.610. The van der Waals surface area contributed by atoms with E-state index in [4.69, 9.17) is 5.73 Å². The zero-order valence-corrected chi connectivity index (χ0v) is 13.8. The molecule has 1 aromatic rings. The SMILES string of the molecule is CN1CCN(S(=O)(=O)c2c(F)cc(F)cc2Br)C(CN)C1. The first-order chi connectivity index (χ1) is 9.77. The topological polar surface area (TPSA) is 66.6 Å². The van der Waals surface area contributed by atoms with Crippen molar-refractivity contribution in [3.63, 3.8) is 0 Å². The molecule has 1 unspecified atom stereocenters. The fourth-order valence-electron chi connectivity index (χ4n) is 2.40. The lowest BCUT2D eigenvalue weighted by atomic mass is 10.2. The summed E-state index contributed by atoms with van der Waals surface area (Å²) in [5.41, 5.74) is 5.63. The number of likely N-dealkylation sites (N-methyl/N-ethyl adjacent to an activating group) is 1. The van der Waals surface area contributed by atoms with E-state index in [1.807, 2.05) is 11.9 Å². The number of nitrogens with two attached hydrogens (primary N) is 1. The Balaban J connectivity index is 2.47. The second-order valence-electron chi connectivity index (χ2n) is 4.97. The van der Waals surface area contributed by atoms with E-state index < -0.39 is 32.6 Å². The summed E-state index contributed by atoms with van der Waals surface area (Å²) >= 11 is 2.93. The highest BCUT2D eigenvalue weighted by Gasteiger charge is 2.37. The lowest BCUT2D eigenvalue weighted by molar-refractivity contribution is 0.163. The van der Waals surface area contributed by atoms with Crippen LogP contribution in [-0.4, -0.2) is 56.9 Å². The molecule has 5 nitrogen and oxygen atoms in total. The lowest BCUT2D eigenvalue weighted by Crippen LogP contribution is -2.56. The van der Waals surface area contributed by atoms with Gasteiger partial charge in [0.25, 0.3) is 0 Å². The minimum Gasteiger partial charge on any atom is -0.329 e. The van der Waals surface area contributed by atoms with E-state index in [0.717, 1.165) is 6.07 Å². The van der Waals surface area contributed by atoms with Gasteiger partial charge < -0.3 is 10.6 Å². The highest BCUT2D eigenvalue weighted by molar-refractivity contribution is 9.10. The monoisotopic (exact) mass is 383 g/mol. The number of halogens is 3. The summed E-state index contributed by atoms with van der Waals surface area (Å²) < 4.78 is 53.5. The summed E-state index contributed by atoms with van der Waals surface area (Å²) in [5, 5.41) is 0. The van der Waals surface area contributed by atoms with Crippen LogP contribution >= 0.6 is 15.9 Å². The Morgan fingerprint density at radius 3 is 2.62 bits per heavy atom. The van der Waals surface area contributed by atoms with E-state index >= 15 is 0 Å². The zero-order valence-electron chi connectivity index (χ0n) is 11.4. The molecule has 1 saturated heterocycles. The number of benzene rings is 1. The van der Waals surface area contributed by atoms with Gasteiger partial charge in [-0.15, -0.1) is 0 Å². The minimum atomic E-state index is -4.09. The first kappa shape index (κ1) is 16.8. The molecule has 0 bridgehead atoms. The molecule has 2 N–H and O–H groups in total. The van der Waals surface area contributed by atoms with Crippen LogP contribution in [0.3, 0.4) is 0 Å². The minimum absolute atomic E-state index is 0.129. The van der Waals surface area contributed by atoms with Gasteiger partial charge in [-0.1, -0.05) is 0 Å². The van der Waals surface area contributed by atoms with Crippen LogP contribution in [0, 0.1) is 11.6 Å². The van der Waals surface area contributed by atoms with Crippen LogP contribution in [0.25, 0.3) is 0 Å². The second-order valence-corrected chi connectivity index (χ2v) is 7.65. The van der Waals surface area contributed by atoms with Gasteiger partial charge in [-0.3, -0.25) is 0 Å². The van der Waals surface area contributed by atoms with Crippen molar-refractivity contribution in [1.82, 2.24) is 9.21 Å². The molecule has 9 heteroatoms. The van der Waals surface area contributed by atoms with Gasteiger partial charge in [0.1, 0.15) is 16.5 Å². The Morgan fingerprint density at radius 2 is 2.05 bits per heavy atom. The van der Waals surface area contributed by atoms with Crippen LogP contribution < -0.4 is 5.73 Å². The van der Waals surface area contributed by atoms with Crippen molar-refractivity contribution in [2.75, 3.05) is 33.2 Å². The van der Waals surface area contributed by atoms with E-state index in [9.17, 15) is 17.2 Å². The molecule has 1 aromatic carbocycles. The van der Waals surface area contributed by atoms with Crippen molar-refractivity contribution >= 4 is 26.0 Å². The van der Waals surface area contributed by atoms with Gasteiger partial charge in [0.2, 0.25) is 10.0 Å². The van der Waals surface area contributed by atoms with Crippen molar-refractivity contribution in [2.24, 2.45) is 5.73 Å². The van der Waals surface area contributed by atoms with Crippen LogP contribution in [0.2, 0.25) is 0 Å². The summed E-state index contributed by atoms with van der Waals surface area (Å²) in [4.78, 5) is 1.41. The average Bonchev–Trinajstić information content (AvgIpc) is 2.36. The smallest absolute Gasteiger partial charge is 0.247 e. The number of nitrogens with zero attached hydrogens (tertiary/aromatic N) is 2. The van der Waals surface area contributed by atoms with Crippen molar-refractivity contribution in [2.45, 2.75) is 10.9 Å². The Morgan fingerprint density at radius 1 is 1.38 bits per heavy atom. The van der Waals surface area contributed by atoms with Gasteiger partial charge >= 0.3 is 0 Å². The van der Waals surface area contributed by atoms with Crippen molar-refractivity contribution in [3.05, 3.63) is 28.2 Å². The molecule has 0 radical (unpaired) electrons. The second kappa shape index (κ2) is 6.25. The van der Waals surface area contributed by atoms with Gasteiger partial charge in [0, 0.05) is 36.7 Å². The highest BCUT2D eigenvalue weighted by atomic mass is 79.9. The van der Waals surface area contributed by atoms with E-state index in [1.165, 1.54) is 4.31 Å². The Kier molecular flexibility index (Phi) is 4.99. The molecule has 2 rings (SSSR count). The lowest BCUT2D eigenvalue weighted by Gasteiger charge is -2.38. The highest BCUT2D eigenvalue weighted by Crippen LogP contribution is 2.30. The van der Waals surface area contributed by atoms with Crippen molar-refractivity contribution < 1.29 is 17.2 Å². The predicted octanol–water partition coefficient (Wildman–Crippen LogP) is 0.991. The van der Waals surface area contributed by atoms with E-state index in [1.54, 1.807) is 0 Å². The maximum Gasteiger partial charge on any atom is 0.247 e. The van der Waals surface area contributed by atoms with Crippen LogP contribution in [0.5, 0.6) is 0 Å². The predicted molar refractivity (Wildman–Crippen MR) is 78.3 cm³/mol. The molecule has 1 fully saturated rings. The summed E-state index contributed by atoms with van der Waals surface area (Å²) in [6, 6.07) is 1.05. The summed E-state index contributed by atoms with van der Waals surface area (Å²) in [6.07, 6.45) is 0. The van der Waals surface area contributed by atoms with Crippen molar-refractivity contribution in [1.29, 1.82) is 0 Å². The first-order valence-corrected chi connectivity index (χ1v) is 8.55. The third kappa shape index (κ3) is 3.26. The van der Waals surface area contributed by atoms with E-state index in [-0.39, 0.29) is 17.6 Å². The van der Waals surface area contributed by atoms with Gasteiger partial charge in [-0.05, 0) is 29.0 Å². The maximum atomic E-state index is 14.0. The molecule has 21 heavy (non-hydrogen) atoms. The van der Waals surface area contributed by atoms with Gasteiger partial charge in [0.05, 0.1) is 6.04 Å². The largest absolute Gasteiger partial charge is 0.329 e. The molecular formula is C12H16BrF2N3O2S. The van der Waals surface area contributed by atoms with Crippen molar-refractivity contribution in [3.8, 4) is 0 Å². The van der Waals surface area contributed by atoms with E-state index in [2.05, 4.69) is 15.9 Å². The molecule has 1 heterocycles. The molecule has 0 aliphatic carbocycles. The number of hydrogen-bond acceptors (Lipinski definition) is 4. The van der Waals surface area contributed by atoms with Crippen LogP contribution in [0.15, 0.2) is 21.5 Å². The zero-order chi connectivity index (χ0) is 15.8. The molecule has 1 aliphatic heterocycles. The fourth-order valence-corrected chi connectivity index (χ4v) is 5.13. The van der Waals surface area contributed by atoms with E-state index in [0.29, 0.717) is 19.2 Å². The molecule has 0 amide bonds. The number of piperazine rings is 1. The van der Waals surface area contributed by atoms with Crippen LogP contribution in [0.1, 0.15) is 0 Å². The maximum absolute atomic E-state index is 14.0. The quantitative estimate of drug-likeness (QED) is 0.844. The molecule has 118 valence electrons.